The molecule has 0 unspecified atom stereocenters. The number of hydrogen-bond acceptors (Lipinski definition) is 4. The Morgan fingerprint density at radius 1 is 1.40 bits per heavy atom. The van der Waals surface area contributed by atoms with Crippen LogP contribution in [0.5, 0.6) is 5.75 Å². The topological polar surface area (TPSA) is 48.4 Å². The van der Waals surface area contributed by atoms with E-state index in [1.807, 2.05) is 13.8 Å². The molecular weight excluding hydrogens is 285 g/mol. The van der Waals surface area contributed by atoms with Crippen LogP contribution in [0.2, 0.25) is 5.02 Å². The first kappa shape index (κ1) is 14.5. The SMILES string of the molecule is COC(=O)c1cc(OC(C)C)c2c(Cl)ccc(F)c2n1. The quantitative estimate of drug-likeness (QED) is 0.812. The summed E-state index contributed by atoms with van der Waals surface area (Å²) in [5.41, 5.74) is -0.0483. The fourth-order valence-electron chi connectivity index (χ4n) is 1.79. The van der Waals surface area contributed by atoms with E-state index < -0.39 is 11.8 Å². The minimum atomic E-state index is -0.667. The van der Waals surface area contributed by atoms with Gasteiger partial charge in [-0.1, -0.05) is 11.6 Å². The number of pyridine rings is 1. The van der Waals surface area contributed by atoms with Gasteiger partial charge in [0.2, 0.25) is 0 Å². The van der Waals surface area contributed by atoms with E-state index in [-0.39, 0.29) is 17.3 Å². The minimum Gasteiger partial charge on any atom is -0.490 e. The Labute approximate surface area is 120 Å². The van der Waals surface area contributed by atoms with Crippen LogP contribution >= 0.6 is 11.6 Å². The molecule has 0 saturated carbocycles. The Bertz CT molecular complexity index is 673. The van der Waals surface area contributed by atoms with Crippen LogP contribution < -0.4 is 4.74 Å². The lowest BCUT2D eigenvalue weighted by atomic mass is 10.1. The first-order chi connectivity index (χ1) is 9.43. The number of hydrogen-bond donors (Lipinski definition) is 0. The number of carbonyl (C=O) groups excluding carboxylic acids is 1. The summed E-state index contributed by atoms with van der Waals surface area (Å²) < 4.78 is 24.1. The van der Waals surface area contributed by atoms with Gasteiger partial charge in [-0.15, -0.1) is 0 Å². The second-order valence-electron chi connectivity index (χ2n) is 4.42. The Morgan fingerprint density at radius 2 is 2.10 bits per heavy atom. The van der Waals surface area contributed by atoms with Crippen molar-refractivity contribution < 1.29 is 18.7 Å². The summed E-state index contributed by atoms with van der Waals surface area (Å²) in [4.78, 5) is 15.6. The first-order valence-corrected chi connectivity index (χ1v) is 6.35. The number of halogens is 2. The van der Waals surface area contributed by atoms with E-state index >= 15 is 0 Å². The van der Waals surface area contributed by atoms with E-state index in [1.54, 1.807) is 0 Å². The van der Waals surface area contributed by atoms with Gasteiger partial charge >= 0.3 is 5.97 Å². The zero-order chi connectivity index (χ0) is 14.9. The molecule has 2 rings (SSSR count). The van der Waals surface area contributed by atoms with Crippen LogP contribution in [0.25, 0.3) is 10.9 Å². The van der Waals surface area contributed by atoms with Gasteiger partial charge < -0.3 is 9.47 Å². The van der Waals surface area contributed by atoms with Gasteiger partial charge in [-0.05, 0) is 26.0 Å². The smallest absolute Gasteiger partial charge is 0.356 e. The molecule has 1 aromatic heterocycles. The zero-order valence-corrected chi connectivity index (χ0v) is 12.0. The van der Waals surface area contributed by atoms with Gasteiger partial charge in [0.25, 0.3) is 0 Å². The van der Waals surface area contributed by atoms with Crippen molar-refractivity contribution in [2.24, 2.45) is 0 Å². The average molecular weight is 298 g/mol. The summed E-state index contributed by atoms with van der Waals surface area (Å²) in [7, 11) is 1.23. The maximum atomic E-state index is 13.9. The highest BCUT2D eigenvalue weighted by molar-refractivity contribution is 6.36. The third-order valence-corrected chi connectivity index (χ3v) is 2.90. The van der Waals surface area contributed by atoms with Crippen molar-refractivity contribution in [1.29, 1.82) is 0 Å². The largest absolute Gasteiger partial charge is 0.490 e. The molecule has 4 nitrogen and oxygen atoms in total. The molecule has 0 aliphatic rings. The van der Waals surface area contributed by atoms with E-state index in [9.17, 15) is 9.18 Å². The molecule has 0 aliphatic heterocycles. The highest BCUT2D eigenvalue weighted by Gasteiger charge is 2.18. The van der Waals surface area contributed by atoms with E-state index in [2.05, 4.69) is 9.72 Å². The molecule has 1 heterocycles. The third kappa shape index (κ3) is 2.67. The molecule has 0 N–H and O–H groups in total. The monoisotopic (exact) mass is 297 g/mol. The van der Waals surface area contributed by atoms with E-state index in [0.29, 0.717) is 16.2 Å². The molecule has 6 heteroatoms. The maximum absolute atomic E-state index is 13.9. The van der Waals surface area contributed by atoms with Gasteiger partial charge in [-0.3, -0.25) is 0 Å². The molecule has 0 saturated heterocycles. The predicted molar refractivity (Wildman–Crippen MR) is 73.8 cm³/mol. The third-order valence-electron chi connectivity index (χ3n) is 2.58. The molecule has 106 valence electrons. The molecule has 1 aromatic carbocycles. The number of rotatable bonds is 3. The van der Waals surface area contributed by atoms with Crippen LogP contribution in [0.3, 0.4) is 0 Å². The lowest BCUT2D eigenvalue weighted by Crippen LogP contribution is -2.10. The van der Waals surface area contributed by atoms with Crippen LogP contribution in [0.15, 0.2) is 18.2 Å². The van der Waals surface area contributed by atoms with Gasteiger partial charge in [-0.25, -0.2) is 14.2 Å². The van der Waals surface area contributed by atoms with Crippen molar-refractivity contribution in [3.8, 4) is 5.75 Å². The van der Waals surface area contributed by atoms with Crippen molar-refractivity contribution in [3.63, 3.8) is 0 Å². The van der Waals surface area contributed by atoms with E-state index in [1.165, 1.54) is 25.3 Å². The molecule has 0 atom stereocenters. The molecule has 0 fully saturated rings. The lowest BCUT2D eigenvalue weighted by molar-refractivity contribution is 0.0593. The minimum absolute atomic E-state index is 0.0175. The van der Waals surface area contributed by atoms with Gasteiger partial charge in [0, 0.05) is 6.07 Å². The molecule has 0 aliphatic carbocycles. The second-order valence-corrected chi connectivity index (χ2v) is 4.82. The number of fused-ring (bicyclic) bond motifs is 1. The van der Waals surface area contributed by atoms with Crippen LogP contribution in [-0.2, 0) is 4.74 Å². The van der Waals surface area contributed by atoms with Crippen LogP contribution in [0.4, 0.5) is 4.39 Å². The highest BCUT2D eigenvalue weighted by Crippen LogP contribution is 2.34. The number of carbonyl (C=O) groups is 1. The fraction of sp³-hybridized carbons (Fsp3) is 0.286. The number of esters is 1. The van der Waals surface area contributed by atoms with Gasteiger partial charge in [0.15, 0.2) is 5.69 Å². The molecule has 0 radical (unpaired) electrons. The maximum Gasteiger partial charge on any atom is 0.356 e. The van der Waals surface area contributed by atoms with E-state index in [0.717, 1.165) is 0 Å². The van der Waals surface area contributed by atoms with Crippen molar-refractivity contribution in [3.05, 3.63) is 34.7 Å². The number of nitrogens with zero attached hydrogens (tertiary/aromatic N) is 1. The molecule has 0 amide bonds. The van der Waals surface area contributed by atoms with Gasteiger partial charge in [-0.2, -0.15) is 0 Å². The number of methoxy groups -OCH3 is 1. The van der Waals surface area contributed by atoms with Crippen LogP contribution in [0.1, 0.15) is 24.3 Å². The molecule has 2 aromatic rings. The highest BCUT2D eigenvalue weighted by atomic mass is 35.5. The van der Waals surface area contributed by atoms with Gasteiger partial charge in [0.05, 0.1) is 23.6 Å². The Morgan fingerprint density at radius 3 is 2.70 bits per heavy atom. The van der Waals surface area contributed by atoms with Crippen LogP contribution in [-0.4, -0.2) is 24.2 Å². The second kappa shape index (κ2) is 5.63. The Balaban J connectivity index is 2.77. The van der Waals surface area contributed by atoms with Crippen molar-refractivity contribution >= 4 is 28.5 Å². The van der Waals surface area contributed by atoms with Crippen LogP contribution in [0, 0.1) is 5.82 Å². The molecule has 0 spiro atoms. The van der Waals surface area contributed by atoms with Crippen molar-refractivity contribution in [2.75, 3.05) is 7.11 Å². The number of ether oxygens (including phenoxy) is 2. The summed E-state index contributed by atoms with van der Waals surface area (Å²) in [6.07, 6.45) is -0.162. The Kier molecular flexibility index (Phi) is 4.09. The molecular formula is C14H13ClFNO3. The standard InChI is InChI=1S/C14H13ClFNO3/c1-7(2)20-11-6-10(14(18)19-3)17-13-9(16)5-4-8(15)12(11)13/h4-7H,1-3H3. The zero-order valence-electron chi connectivity index (χ0n) is 11.2. The van der Waals surface area contributed by atoms with Crippen molar-refractivity contribution in [2.45, 2.75) is 20.0 Å². The summed E-state index contributed by atoms with van der Waals surface area (Å²) in [5, 5.41) is 0.647. The normalized spacial score (nSPS) is 10.9. The lowest BCUT2D eigenvalue weighted by Gasteiger charge is -2.14. The fourth-order valence-corrected chi connectivity index (χ4v) is 2.04. The summed E-state index contributed by atoms with van der Waals surface area (Å²) >= 11 is 6.08. The summed E-state index contributed by atoms with van der Waals surface area (Å²) in [5.74, 6) is -0.946. The molecule has 20 heavy (non-hydrogen) atoms. The van der Waals surface area contributed by atoms with E-state index in [4.69, 9.17) is 16.3 Å². The van der Waals surface area contributed by atoms with Crippen molar-refractivity contribution in [1.82, 2.24) is 4.98 Å². The number of aromatic nitrogens is 1. The predicted octanol–water partition coefficient (Wildman–Crippen LogP) is 3.60. The molecule has 0 bridgehead atoms. The Hall–Kier alpha value is -1.88. The summed E-state index contributed by atoms with van der Waals surface area (Å²) in [6, 6.07) is 4.02. The number of benzene rings is 1. The van der Waals surface area contributed by atoms with Gasteiger partial charge in [0.1, 0.15) is 17.1 Å². The first-order valence-electron chi connectivity index (χ1n) is 5.97. The average Bonchev–Trinajstić information content (AvgIpc) is 2.41. The summed E-state index contributed by atoms with van der Waals surface area (Å²) in [6.45, 7) is 3.63.